The summed E-state index contributed by atoms with van der Waals surface area (Å²) < 4.78 is 26.5. The number of nitrogens with zero attached hydrogens (tertiary/aromatic N) is 2. The fourth-order valence-corrected chi connectivity index (χ4v) is 5.30. The van der Waals surface area contributed by atoms with E-state index in [4.69, 9.17) is 0 Å². The minimum atomic E-state index is -3.52. The van der Waals surface area contributed by atoms with E-state index in [2.05, 4.69) is 5.32 Å². The Kier molecular flexibility index (Phi) is 11.0. The van der Waals surface area contributed by atoms with Gasteiger partial charge in [0.25, 0.3) is 0 Å². The van der Waals surface area contributed by atoms with Crippen LogP contribution in [0.2, 0.25) is 0 Å². The third-order valence-electron chi connectivity index (χ3n) is 6.18. The van der Waals surface area contributed by atoms with Crippen molar-refractivity contribution in [3.63, 3.8) is 0 Å². The molecule has 2 amide bonds. The Hall–Kier alpha value is -2.87. The highest BCUT2D eigenvalue weighted by atomic mass is 32.2. The summed E-state index contributed by atoms with van der Waals surface area (Å²) in [4.78, 5) is 28.1. The Morgan fingerprint density at radius 2 is 1.64 bits per heavy atom. The van der Waals surface area contributed by atoms with Crippen molar-refractivity contribution in [2.75, 3.05) is 23.7 Å². The van der Waals surface area contributed by atoms with E-state index in [1.54, 1.807) is 4.90 Å². The predicted molar refractivity (Wildman–Crippen MR) is 146 cm³/mol. The zero-order valence-corrected chi connectivity index (χ0v) is 23.3. The van der Waals surface area contributed by atoms with E-state index in [-0.39, 0.29) is 24.8 Å². The molecule has 0 fully saturated rings. The molecule has 2 rings (SSSR count). The number of rotatable bonds is 13. The van der Waals surface area contributed by atoms with E-state index >= 15 is 0 Å². The summed E-state index contributed by atoms with van der Waals surface area (Å²) >= 11 is 0. The van der Waals surface area contributed by atoms with Crippen LogP contribution in [0, 0.1) is 20.8 Å². The van der Waals surface area contributed by atoms with E-state index in [9.17, 15) is 18.0 Å². The van der Waals surface area contributed by atoms with Gasteiger partial charge in [-0.05, 0) is 74.4 Å². The Morgan fingerprint density at radius 3 is 2.19 bits per heavy atom. The first-order valence-electron chi connectivity index (χ1n) is 12.7. The molecular weight excluding hydrogens is 474 g/mol. The lowest BCUT2D eigenvalue weighted by atomic mass is 10.1. The molecule has 0 aliphatic carbocycles. The number of nitrogens with one attached hydrogen (secondary N) is 1. The van der Waals surface area contributed by atoms with Gasteiger partial charge in [-0.3, -0.25) is 13.9 Å². The van der Waals surface area contributed by atoms with Crippen LogP contribution in [0.5, 0.6) is 0 Å². The molecule has 0 bridgehead atoms. The first-order chi connectivity index (χ1) is 17.0. The third-order valence-corrected chi connectivity index (χ3v) is 7.38. The molecule has 0 radical (unpaired) electrons. The highest BCUT2D eigenvalue weighted by Gasteiger charge is 2.29. The first-order valence-corrected chi connectivity index (χ1v) is 14.5. The number of amides is 2. The normalized spacial score (nSPS) is 12.2. The molecule has 0 spiro atoms. The molecule has 0 aliphatic rings. The number of aryl methyl sites for hydroxylation is 3. The average molecular weight is 516 g/mol. The first kappa shape index (κ1) is 29.4. The van der Waals surface area contributed by atoms with Gasteiger partial charge in [-0.1, -0.05) is 44.2 Å². The monoisotopic (exact) mass is 515 g/mol. The van der Waals surface area contributed by atoms with Crippen molar-refractivity contribution in [1.82, 2.24) is 10.2 Å². The molecule has 0 aliphatic heterocycles. The molecule has 1 N–H and O–H groups in total. The number of hydrogen-bond donors (Lipinski definition) is 1. The second-order valence-electron chi connectivity index (χ2n) is 9.45. The van der Waals surface area contributed by atoms with Crippen molar-refractivity contribution in [2.24, 2.45) is 0 Å². The van der Waals surface area contributed by atoms with Gasteiger partial charge in [0.05, 0.1) is 11.9 Å². The van der Waals surface area contributed by atoms with Crippen molar-refractivity contribution < 1.29 is 18.0 Å². The van der Waals surface area contributed by atoms with Gasteiger partial charge in [-0.15, -0.1) is 0 Å². The molecular formula is C28H41N3O4S. The standard InChI is InChI=1S/C28H41N3O4S/c1-7-15-29-28(33)26(8-2)30(20-24-13-10-9-12-23(24)5)27(32)14-11-16-31(36(6,34)35)25-18-21(3)17-22(4)19-25/h9-10,12-13,17-19,26H,7-8,11,14-16,20H2,1-6H3,(H,29,33)/t26-/m1/s1. The molecule has 1 atom stereocenters. The predicted octanol–water partition coefficient (Wildman–Crippen LogP) is 4.49. The van der Waals surface area contributed by atoms with Gasteiger partial charge in [0.2, 0.25) is 21.8 Å². The number of sulfonamides is 1. The molecule has 0 heterocycles. The highest BCUT2D eigenvalue weighted by Crippen LogP contribution is 2.23. The smallest absolute Gasteiger partial charge is 0.242 e. The molecule has 0 saturated heterocycles. The van der Waals surface area contributed by atoms with Crippen LogP contribution in [-0.4, -0.2) is 50.5 Å². The second kappa shape index (κ2) is 13.4. The molecule has 8 heteroatoms. The summed E-state index contributed by atoms with van der Waals surface area (Å²) in [6.45, 7) is 10.8. The molecule has 36 heavy (non-hydrogen) atoms. The molecule has 7 nitrogen and oxygen atoms in total. The summed E-state index contributed by atoms with van der Waals surface area (Å²) in [5.41, 5.74) is 4.59. The second-order valence-corrected chi connectivity index (χ2v) is 11.4. The fraction of sp³-hybridized carbons (Fsp3) is 0.500. The van der Waals surface area contributed by atoms with Gasteiger partial charge in [-0.2, -0.15) is 0 Å². The maximum Gasteiger partial charge on any atom is 0.242 e. The minimum Gasteiger partial charge on any atom is -0.354 e. The topological polar surface area (TPSA) is 86.8 Å². The Morgan fingerprint density at radius 1 is 1.00 bits per heavy atom. The van der Waals surface area contributed by atoms with Gasteiger partial charge in [0.15, 0.2) is 0 Å². The van der Waals surface area contributed by atoms with Crippen molar-refractivity contribution in [2.45, 2.75) is 72.9 Å². The maximum atomic E-state index is 13.5. The maximum absolute atomic E-state index is 13.5. The number of carbonyl (C=O) groups excluding carboxylic acids is 2. The summed E-state index contributed by atoms with van der Waals surface area (Å²) in [6, 6.07) is 12.9. The summed E-state index contributed by atoms with van der Waals surface area (Å²) in [6.07, 6.45) is 2.97. The van der Waals surface area contributed by atoms with E-state index in [0.717, 1.165) is 28.7 Å². The van der Waals surface area contributed by atoms with Crippen molar-refractivity contribution in [3.8, 4) is 0 Å². The van der Waals surface area contributed by atoms with Crippen LogP contribution < -0.4 is 9.62 Å². The fourth-order valence-electron chi connectivity index (χ4n) is 4.36. The van der Waals surface area contributed by atoms with Crippen LogP contribution in [0.25, 0.3) is 0 Å². The molecule has 2 aromatic rings. The van der Waals surface area contributed by atoms with Gasteiger partial charge in [0.1, 0.15) is 6.04 Å². The molecule has 0 aromatic heterocycles. The van der Waals surface area contributed by atoms with Crippen LogP contribution in [0.3, 0.4) is 0 Å². The van der Waals surface area contributed by atoms with E-state index < -0.39 is 16.1 Å². The Bertz CT molecular complexity index is 1130. The Balaban J connectivity index is 2.24. The van der Waals surface area contributed by atoms with Crippen molar-refractivity contribution in [1.29, 1.82) is 0 Å². The number of carbonyl (C=O) groups is 2. The summed E-state index contributed by atoms with van der Waals surface area (Å²) in [5, 5.41) is 2.92. The summed E-state index contributed by atoms with van der Waals surface area (Å²) in [7, 11) is -3.52. The number of benzene rings is 2. The van der Waals surface area contributed by atoms with Gasteiger partial charge in [-0.25, -0.2) is 8.42 Å². The number of anilines is 1. The van der Waals surface area contributed by atoms with Crippen LogP contribution in [-0.2, 0) is 26.2 Å². The lowest BCUT2D eigenvalue weighted by Gasteiger charge is -2.31. The van der Waals surface area contributed by atoms with Gasteiger partial charge in [0, 0.05) is 26.1 Å². The lowest BCUT2D eigenvalue weighted by molar-refractivity contribution is -0.141. The van der Waals surface area contributed by atoms with Crippen molar-refractivity contribution in [3.05, 3.63) is 64.7 Å². The largest absolute Gasteiger partial charge is 0.354 e. The highest BCUT2D eigenvalue weighted by molar-refractivity contribution is 7.92. The van der Waals surface area contributed by atoms with Crippen molar-refractivity contribution >= 4 is 27.5 Å². The zero-order chi connectivity index (χ0) is 26.9. The van der Waals surface area contributed by atoms with Crippen LogP contribution in [0.4, 0.5) is 5.69 Å². The molecule has 0 saturated carbocycles. The zero-order valence-electron chi connectivity index (χ0n) is 22.5. The van der Waals surface area contributed by atoms with E-state index in [0.29, 0.717) is 31.6 Å². The quantitative estimate of drug-likeness (QED) is 0.426. The van der Waals surface area contributed by atoms with E-state index in [1.807, 2.05) is 77.1 Å². The number of hydrogen-bond acceptors (Lipinski definition) is 4. The van der Waals surface area contributed by atoms with E-state index in [1.165, 1.54) is 10.6 Å². The SMILES string of the molecule is CCCNC(=O)[C@@H](CC)N(Cc1ccccc1C)C(=O)CCCN(c1cc(C)cc(C)c1)S(C)(=O)=O. The molecule has 0 unspecified atom stereocenters. The lowest BCUT2D eigenvalue weighted by Crippen LogP contribution is -2.49. The molecule has 2 aromatic carbocycles. The van der Waals surface area contributed by atoms with Gasteiger partial charge >= 0.3 is 0 Å². The third kappa shape index (κ3) is 8.36. The minimum absolute atomic E-state index is 0.139. The average Bonchev–Trinajstić information content (AvgIpc) is 2.79. The van der Waals surface area contributed by atoms with Gasteiger partial charge < -0.3 is 10.2 Å². The summed E-state index contributed by atoms with van der Waals surface area (Å²) in [5.74, 6) is -0.320. The van der Waals surface area contributed by atoms with Crippen LogP contribution >= 0.6 is 0 Å². The Labute approximate surface area is 216 Å². The van der Waals surface area contributed by atoms with Crippen LogP contribution in [0.15, 0.2) is 42.5 Å². The molecule has 198 valence electrons. The van der Waals surface area contributed by atoms with Crippen LogP contribution in [0.1, 0.15) is 61.8 Å².